The second-order valence-electron chi connectivity index (χ2n) is 0.671. The summed E-state index contributed by atoms with van der Waals surface area (Å²) in [6.07, 6.45) is 0. The molecular weight excluding hydrogens is 185 g/mol. The third-order valence-electron chi connectivity index (χ3n) is 0. The van der Waals surface area contributed by atoms with Crippen molar-refractivity contribution in [2.24, 2.45) is 0 Å². The smallest absolute Gasteiger partial charge is 0.0689 e. The van der Waals surface area contributed by atoms with E-state index in [0.717, 1.165) is 0 Å². The maximum atomic E-state index is 8.55. The summed E-state index contributed by atoms with van der Waals surface area (Å²) in [5.74, 6) is 0. The monoisotopic (exact) mass is 193 g/mol. The van der Waals surface area contributed by atoms with Gasteiger partial charge in [0, 0.05) is 0 Å². The van der Waals surface area contributed by atoms with Crippen molar-refractivity contribution in [1.82, 2.24) is 12.3 Å². The molecule has 0 spiro atoms. The van der Waals surface area contributed by atoms with Gasteiger partial charge in [-0.25, -0.2) is 0 Å². The fourth-order valence-electron chi connectivity index (χ4n) is 0. The zero-order valence-corrected chi connectivity index (χ0v) is 6.65. The second kappa shape index (κ2) is 9.23. The standard InChI is InChI=1S/NO3.2H3N.H3O4P/c2-1(3)4;;;1-5(2,3)4/h;2*1H3;(H3,1,2,3,4)/q-1;;;/p-1. The summed E-state index contributed by atoms with van der Waals surface area (Å²) in [4.78, 5) is 33.9. The quantitative estimate of drug-likeness (QED) is 0.242. The molecule has 0 atom stereocenters. The summed E-state index contributed by atoms with van der Waals surface area (Å²) in [6.45, 7) is 0. The highest BCUT2D eigenvalue weighted by atomic mass is 31.2. The van der Waals surface area contributed by atoms with Gasteiger partial charge in [-0.15, -0.1) is 0 Å². The molecule has 0 unspecified atom stereocenters. The zero-order chi connectivity index (χ0) is 8.08. The van der Waals surface area contributed by atoms with E-state index in [4.69, 9.17) is 34.6 Å². The van der Waals surface area contributed by atoms with E-state index in [1.54, 1.807) is 0 Å². The lowest BCUT2D eigenvalue weighted by Gasteiger charge is -2.36. The Labute approximate surface area is 61.0 Å². The van der Waals surface area contributed by atoms with Gasteiger partial charge in [-0.1, -0.05) is 0 Å². The molecule has 0 fully saturated rings. The molecule has 0 saturated heterocycles. The van der Waals surface area contributed by atoms with E-state index in [9.17, 15) is 0 Å². The van der Waals surface area contributed by atoms with Crippen LogP contribution in [0.15, 0.2) is 0 Å². The van der Waals surface area contributed by atoms with Gasteiger partial charge < -0.3 is 46.9 Å². The molecule has 0 aliphatic carbocycles. The SMILES string of the molecule is O=P([O-])([O-])[O-].O=[N+]([O-])[O-].[NH4+].[NH4+]. The average molecular weight is 193 g/mol. The van der Waals surface area contributed by atoms with E-state index >= 15 is 0 Å². The molecular formula is H8N3O7P-2. The molecule has 11 heteroatoms. The zero-order valence-electron chi connectivity index (χ0n) is 5.75. The predicted octanol–water partition coefficient (Wildman–Crippen LogP) is -2.31. The summed E-state index contributed by atoms with van der Waals surface area (Å²) in [6, 6.07) is 0. The summed E-state index contributed by atoms with van der Waals surface area (Å²) in [5, 5.41) is 14.8. The molecule has 0 radical (unpaired) electrons. The predicted molar refractivity (Wildman–Crippen MR) is 29.9 cm³/mol. The Kier molecular flexibility index (Phi) is 18.8. The van der Waals surface area contributed by atoms with Crippen molar-refractivity contribution in [3.8, 4) is 0 Å². The van der Waals surface area contributed by atoms with Gasteiger partial charge >= 0.3 is 0 Å². The minimum Gasteiger partial charge on any atom is -0.822 e. The van der Waals surface area contributed by atoms with Crippen LogP contribution in [0.1, 0.15) is 0 Å². The molecule has 0 saturated carbocycles. The van der Waals surface area contributed by atoms with Gasteiger partial charge in [-0.3, -0.25) is 0 Å². The maximum Gasteiger partial charge on any atom is 0.0689 e. The van der Waals surface area contributed by atoms with Crippen LogP contribution in [-0.2, 0) is 4.57 Å². The first-order chi connectivity index (χ1) is 3.73. The van der Waals surface area contributed by atoms with E-state index < -0.39 is 12.9 Å². The number of phosphoric acid groups is 1. The van der Waals surface area contributed by atoms with Crippen LogP contribution < -0.4 is 27.0 Å². The van der Waals surface area contributed by atoms with Crippen LogP contribution in [0.5, 0.6) is 0 Å². The van der Waals surface area contributed by atoms with Crippen molar-refractivity contribution in [3.05, 3.63) is 15.3 Å². The Balaban J connectivity index is -0.0000000383. The molecule has 0 bridgehead atoms. The Bertz CT molecular complexity index is 113. The number of quaternary nitrogens is 2. The van der Waals surface area contributed by atoms with E-state index in [1.165, 1.54) is 0 Å². The Hall–Kier alpha value is -0.770. The fraction of sp³-hybridized carbons (Fsp3) is 0. The first-order valence-corrected chi connectivity index (χ1v) is 2.74. The lowest BCUT2D eigenvalue weighted by molar-refractivity contribution is -0.432. The van der Waals surface area contributed by atoms with Gasteiger partial charge in [-0.05, 0) is 0 Å². The van der Waals surface area contributed by atoms with E-state index in [0.29, 0.717) is 0 Å². The summed E-state index contributed by atoms with van der Waals surface area (Å²) < 4.78 is 8.55. The van der Waals surface area contributed by atoms with Gasteiger partial charge in [-0.2, -0.15) is 7.82 Å². The van der Waals surface area contributed by atoms with Crippen molar-refractivity contribution < 1.29 is 24.3 Å². The minimum absolute atomic E-state index is 0. The molecule has 0 amide bonds. The van der Waals surface area contributed by atoms with Crippen molar-refractivity contribution >= 4 is 7.82 Å². The van der Waals surface area contributed by atoms with Crippen LogP contribution in [0.2, 0.25) is 0 Å². The summed E-state index contributed by atoms with van der Waals surface area (Å²) in [5.41, 5.74) is 0. The van der Waals surface area contributed by atoms with Crippen molar-refractivity contribution in [2.75, 3.05) is 0 Å². The third kappa shape index (κ3) is 814. The lowest BCUT2D eigenvalue weighted by atomic mass is 13.1. The molecule has 0 aromatic heterocycles. The van der Waals surface area contributed by atoms with Crippen LogP contribution >= 0.6 is 7.82 Å². The highest BCUT2D eigenvalue weighted by molar-refractivity contribution is 7.40. The Morgan fingerprint density at radius 2 is 1.00 bits per heavy atom. The first-order valence-electron chi connectivity index (χ1n) is 1.28. The minimum atomic E-state index is -5.39. The molecule has 0 aromatic rings. The van der Waals surface area contributed by atoms with Crippen LogP contribution in [0.25, 0.3) is 0 Å². The molecule has 10 nitrogen and oxygen atoms in total. The van der Waals surface area contributed by atoms with E-state index in [2.05, 4.69) is 0 Å². The normalized spacial score (nSPS) is 7.55. The Morgan fingerprint density at radius 1 is 1.00 bits per heavy atom. The molecule has 0 aliphatic heterocycles. The molecule has 72 valence electrons. The molecule has 11 heavy (non-hydrogen) atoms. The molecule has 0 aliphatic rings. The lowest BCUT2D eigenvalue weighted by Crippen LogP contribution is -2.24. The summed E-state index contributed by atoms with van der Waals surface area (Å²) >= 11 is 0. The highest BCUT2D eigenvalue weighted by Crippen LogP contribution is 2.03. The van der Waals surface area contributed by atoms with Crippen molar-refractivity contribution in [1.29, 1.82) is 0 Å². The summed E-state index contributed by atoms with van der Waals surface area (Å²) in [7, 11) is -5.39. The van der Waals surface area contributed by atoms with Gasteiger partial charge in [0.05, 0.1) is 5.09 Å². The van der Waals surface area contributed by atoms with Gasteiger partial charge in [0.25, 0.3) is 0 Å². The van der Waals surface area contributed by atoms with Gasteiger partial charge in [0.15, 0.2) is 0 Å². The van der Waals surface area contributed by atoms with Crippen LogP contribution in [0.3, 0.4) is 0 Å². The van der Waals surface area contributed by atoms with Crippen LogP contribution in [0.4, 0.5) is 0 Å². The van der Waals surface area contributed by atoms with E-state index in [-0.39, 0.29) is 12.3 Å². The molecule has 0 rings (SSSR count). The topological polar surface area (TPSA) is 225 Å². The fourth-order valence-corrected chi connectivity index (χ4v) is 0. The molecule has 0 aromatic carbocycles. The van der Waals surface area contributed by atoms with Crippen molar-refractivity contribution in [3.63, 3.8) is 0 Å². The van der Waals surface area contributed by atoms with Crippen molar-refractivity contribution in [2.45, 2.75) is 0 Å². The van der Waals surface area contributed by atoms with Crippen LogP contribution in [0, 0.1) is 15.3 Å². The maximum absolute atomic E-state index is 8.55. The first kappa shape index (κ1) is 22.5. The average Bonchev–Trinajstić information content (AvgIpc) is 1.19. The second-order valence-corrected chi connectivity index (χ2v) is 1.57. The third-order valence-corrected chi connectivity index (χ3v) is 0. The number of rotatable bonds is 0. The van der Waals surface area contributed by atoms with Crippen LogP contribution in [-0.4, -0.2) is 5.09 Å². The number of nitrogens with zero attached hydrogens (tertiary/aromatic N) is 1. The number of hydrogen-bond donors (Lipinski definition) is 2. The largest absolute Gasteiger partial charge is 0.822 e. The van der Waals surface area contributed by atoms with Gasteiger partial charge in [0.2, 0.25) is 0 Å². The molecule has 8 N–H and O–H groups in total. The van der Waals surface area contributed by atoms with Gasteiger partial charge in [0.1, 0.15) is 0 Å². The number of hydrogen-bond acceptors (Lipinski definition) is 7. The Morgan fingerprint density at radius 3 is 1.00 bits per heavy atom. The highest BCUT2D eigenvalue weighted by Gasteiger charge is 1.45. The van der Waals surface area contributed by atoms with E-state index in [1.807, 2.05) is 0 Å². The molecule has 0 heterocycles.